The summed E-state index contributed by atoms with van der Waals surface area (Å²) in [5.74, 6) is -0.774. The van der Waals surface area contributed by atoms with Gasteiger partial charge in [-0.3, -0.25) is 19.1 Å². The lowest BCUT2D eigenvalue weighted by molar-refractivity contribution is 0.473. The second-order valence-corrected chi connectivity index (χ2v) is 12.0. The van der Waals surface area contributed by atoms with Gasteiger partial charge in [-0.05, 0) is 47.9 Å². The third-order valence-electron chi connectivity index (χ3n) is 5.40. The molecule has 0 heterocycles. The third-order valence-corrected chi connectivity index (χ3v) is 8.04. The molecule has 0 amide bonds. The molecule has 10 N–H and O–H groups in total. The standard InChI is InChI=1S/C20H18N4O10S3/c21-14-3-4-16(13-7-10(35(26,27)28)1-2-11(13)14)23-24-19-18(37(32,33)34)6-9-5-17(36(29,30)31)15(22)8-12(9)20(19)25/h1-8,23-25H,21-22H2,(H,26,27,28)(H,29,30,31)(H,32,33,34). The molecule has 196 valence electrons. The summed E-state index contributed by atoms with van der Waals surface area (Å²) in [5, 5.41) is 11.0. The zero-order chi connectivity index (χ0) is 27.5. The summed E-state index contributed by atoms with van der Waals surface area (Å²) in [4.78, 5) is -2.08. The lowest BCUT2D eigenvalue weighted by Gasteiger charge is -2.18. The minimum atomic E-state index is -5.02. The van der Waals surface area contributed by atoms with Gasteiger partial charge in [0, 0.05) is 21.8 Å². The number of nitrogens with two attached hydrogens (primary N) is 2. The first kappa shape index (κ1) is 26.2. The van der Waals surface area contributed by atoms with Crippen LogP contribution in [0.1, 0.15) is 0 Å². The minimum absolute atomic E-state index is 0.122. The predicted octanol–water partition coefficient (Wildman–Crippen LogP) is 2.04. The van der Waals surface area contributed by atoms with E-state index in [-0.39, 0.29) is 27.5 Å². The number of rotatable bonds is 6. The van der Waals surface area contributed by atoms with E-state index in [4.69, 9.17) is 11.5 Å². The van der Waals surface area contributed by atoms with E-state index in [1.807, 2.05) is 0 Å². The van der Waals surface area contributed by atoms with Crippen molar-refractivity contribution < 1.29 is 44.0 Å². The Labute approximate surface area is 209 Å². The first-order valence-electron chi connectivity index (χ1n) is 9.84. The largest absolute Gasteiger partial charge is 0.505 e. The van der Waals surface area contributed by atoms with E-state index in [9.17, 15) is 44.0 Å². The molecule has 0 bridgehead atoms. The van der Waals surface area contributed by atoms with Gasteiger partial charge in [0.1, 0.15) is 21.2 Å². The molecule has 0 atom stereocenters. The monoisotopic (exact) mass is 570 g/mol. The SMILES string of the molecule is Nc1cc2c(O)c(NNc3ccc(N)c4ccc(S(=O)(=O)O)cc34)c(S(=O)(=O)O)cc2cc1S(=O)(=O)O. The Morgan fingerprint density at radius 2 is 1.24 bits per heavy atom. The van der Waals surface area contributed by atoms with Crippen LogP contribution in [0.5, 0.6) is 5.75 Å². The van der Waals surface area contributed by atoms with Crippen molar-refractivity contribution in [2.45, 2.75) is 14.7 Å². The second-order valence-electron chi connectivity index (χ2n) is 7.79. The average molecular weight is 571 g/mol. The van der Waals surface area contributed by atoms with Crippen LogP contribution in [0, 0.1) is 0 Å². The van der Waals surface area contributed by atoms with E-state index in [1.165, 1.54) is 18.2 Å². The molecule has 4 aromatic carbocycles. The molecule has 0 saturated heterocycles. The number of phenolic OH excluding ortho intramolecular Hbond substituents is 1. The van der Waals surface area contributed by atoms with Gasteiger partial charge in [0.2, 0.25) is 0 Å². The highest BCUT2D eigenvalue weighted by Gasteiger charge is 2.24. The van der Waals surface area contributed by atoms with E-state index >= 15 is 0 Å². The van der Waals surface area contributed by atoms with Crippen LogP contribution in [-0.2, 0) is 30.4 Å². The van der Waals surface area contributed by atoms with Crippen molar-refractivity contribution in [3.05, 3.63) is 48.5 Å². The zero-order valence-corrected chi connectivity index (χ0v) is 20.7. The zero-order valence-electron chi connectivity index (χ0n) is 18.2. The van der Waals surface area contributed by atoms with Crippen molar-refractivity contribution in [2.75, 3.05) is 22.3 Å². The number of nitrogens with one attached hydrogen (secondary N) is 2. The molecule has 4 rings (SSSR count). The molecule has 0 aromatic heterocycles. The van der Waals surface area contributed by atoms with Gasteiger partial charge in [-0.1, -0.05) is 6.07 Å². The van der Waals surface area contributed by atoms with Crippen molar-refractivity contribution in [2.24, 2.45) is 0 Å². The van der Waals surface area contributed by atoms with Gasteiger partial charge in [-0.25, -0.2) is 0 Å². The molecule has 0 aliphatic rings. The topological polar surface area (TPSA) is 259 Å². The van der Waals surface area contributed by atoms with Gasteiger partial charge in [0.15, 0.2) is 0 Å². The molecule has 0 radical (unpaired) electrons. The fraction of sp³-hybridized carbons (Fsp3) is 0. The number of fused-ring (bicyclic) bond motifs is 2. The van der Waals surface area contributed by atoms with E-state index in [0.717, 1.165) is 30.3 Å². The van der Waals surface area contributed by atoms with E-state index in [1.54, 1.807) is 0 Å². The van der Waals surface area contributed by atoms with Crippen LogP contribution in [0.3, 0.4) is 0 Å². The van der Waals surface area contributed by atoms with Crippen LogP contribution in [0.15, 0.2) is 63.2 Å². The molecule has 0 fully saturated rings. The highest BCUT2D eigenvalue weighted by Crippen LogP contribution is 2.41. The Morgan fingerprint density at radius 3 is 1.84 bits per heavy atom. The van der Waals surface area contributed by atoms with Crippen molar-refractivity contribution in [1.29, 1.82) is 0 Å². The lowest BCUT2D eigenvalue weighted by atomic mass is 10.1. The van der Waals surface area contributed by atoms with E-state index in [2.05, 4.69) is 10.9 Å². The van der Waals surface area contributed by atoms with Gasteiger partial charge >= 0.3 is 0 Å². The summed E-state index contributed by atoms with van der Waals surface area (Å²) in [6.45, 7) is 0. The van der Waals surface area contributed by atoms with Crippen LogP contribution < -0.4 is 22.3 Å². The van der Waals surface area contributed by atoms with E-state index < -0.39 is 62.2 Å². The second kappa shape index (κ2) is 8.61. The molecule has 4 aromatic rings. The Hall–Kier alpha value is -3.87. The maximum absolute atomic E-state index is 12.1. The van der Waals surface area contributed by atoms with Gasteiger partial charge in [-0.2, -0.15) is 25.3 Å². The summed E-state index contributed by atoms with van der Waals surface area (Å²) in [7, 11) is -14.4. The van der Waals surface area contributed by atoms with Crippen LogP contribution in [-0.4, -0.2) is 44.0 Å². The minimum Gasteiger partial charge on any atom is -0.505 e. The summed E-state index contributed by atoms with van der Waals surface area (Å²) in [5.41, 5.74) is 16.0. The molecule has 0 saturated carbocycles. The summed E-state index contributed by atoms with van der Waals surface area (Å²) >= 11 is 0. The van der Waals surface area contributed by atoms with Crippen molar-refractivity contribution in [3.8, 4) is 5.75 Å². The molecular weight excluding hydrogens is 552 g/mol. The van der Waals surface area contributed by atoms with Gasteiger partial charge in [0.25, 0.3) is 30.4 Å². The van der Waals surface area contributed by atoms with Crippen LogP contribution in [0.4, 0.5) is 22.7 Å². The smallest absolute Gasteiger partial charge is 0.296 e. The summed E-state index contributed by atoms with van der Waals surface area (Å²) in [6, 6.07) is 9.03. The third kappa shape index (κ3) is 4.90. The highest BCUT2D eigenvalue weighted by atomic mass is 32.2. The maximum atomic E-state index is 12.1. The maximum Gasteiger partial charge on any atom is 0.296 e. The summed E-state index contributed by atoms with van der Waals surface area (Å²) < 4.78 is 99.0. The van der Waals surface area contributed by atoms with Gasteiger partial charge < -0.3 is 22.0 Å². The fourth-order valence-corrected chi connectivity index (χ4v) is 5.52. The Bertz CT molecular complexity index is 1940. The van der Waals surface area contributed by atoms with Crippen LogP contribution >= 0.6 is 0 Å². The molecule has 0 aliphatic carbocycles. The first-order valence-corrected chi connectivity index (χ1v) is 14.2. The normalized spacial score (nSPS) is 12.6. The molecule has 37 heavy (non-hydrogen) atoms. The summed E-state index contributed by atoms with van der Waals surface area (Å²) in [6.07, 6.45) is 0. The Kier molecular flexibility index (Phi) is 6.10. The molecule has 14 nitrogen and oxygen atoms in total. The number of hydrazine groups is 1. The molecule has 0 spiro atoms. The Morgan fingerprint density at radius 1 is 0.622 bits per heavy atom. The number of hydrogen-bond donors (Lipinski definition) is 8. The van der Waals surface area contributed by atoms with Crippen LogP contribution in [0.25, 0.3) is 21.5 Å². The molecule has 0 aliphatic heterocycles. The number of anilines is 4. The van der Waals surface area contributed by atoms with Crippen LogP contribution in [0.2, 0.25) is 0 Å². The van der Waals surface area contributed by atoms with Crippen molar-refractivity contribution >= 4 is 74.6 Å². The molecule has 0 unspecified atom stereocenters. The molecule has 17 heteroatoms. The van der Waals surface area contributed by atoms with Gasteiger partial charge in [-0.15, -0.1) is 0 Å². The predicted molar refractivity (Wildman–Crippen MR) is 135 cm³/mol. The number of phenols is 1. The van der Waals surface area contributed by atoms with Gasteiger partial charge in [0.05, 0.1) is 16.3 Å². The average Bonchev–Trinajstić information content (AvgIpc) is 2.77. The number of nitrogen functional groups attached to an aromatic ring is 2. The van der Waals surface area contributed by atoms with Crippen molar-refractivity contribution in [3.63, 3.8) is 0 Å². The van der Waals surface area contributed by atoms with E-state index in [0.29, 0.717) is 5.39 Å². The number of benzene rings is 4. The fourth-order valence-electron chi connectivity index (χ4n) is 3.70. The Balaban J connectivity index is 1.90. The highest BCUT2D eigenvalue weighted by molar-refractivity contribution is 7.86. The number of aromatic hydroxyl groups is 1. The first-order chi connectivity index (χ1) is 17.0. The van der Waals surface area contributed by atoms with Crippen molar-refractivity contribution in [1.82, 2.24) is 0 Å². The lowest BCUT2D eigenvalue weighted by Crippen LogP contribution is -2.14. The molecular formula is C20H18N4O10S3. The quantitative estimate of drug-likeness (QED) is 0.0714. The number of hydrogen-bond acceptors (Lipinski definition) is 11.